The number of rotatable bonds is 3. The molecule has 0 unspecified atom stereocenters. The highest BCUT2D eigenvalue weighted by Gasteiger charge is 2.14. The first-order chi connectivity index (χ1) is 11.6. The van der Waals surface area contributed by atoms with E-state index in [1.54, 1.807) is 17.5 Å². The van der Waals surface area contributed by atoms with Gasteiger partial charge in [-0.05, 0) is 38.5 Å². The Morgan fingerprint density at radius 3 is 2.76 bits per heavy atom. The van der Waals surface area contributed by atoms with Gasteiger partial charge in [0.2, 0.25) is 5.78 Å². The summed E-state index contributed by atoms with van der Waals surface area (Å²) in [5, 5.41) is 6.33. The zero-order valence-electron chi connectivity index (χ0n) is 14.1. The number of aromatic nitrogens is 4. The molecule has 0 fully saturated rings. The molecule has 0 aliphatic heterocycles. The standard InChI is InChI=1S/C18H17N5S.BrH/c1-11-5-6-14(12(2)9-11)21-18-22-15(10-24-18)16-13(3)20-17-19-7-4-8-23(16)17;/h4-10H,1-3H3,(H,21,22);1H. The van der Waals surface area contributed by atoms with Crippen LogP contribution in [0.3, 0.4) is 0 Å². The molecule has 1 N–H and O–H groups in total. The van der Waals surface area contributed by atoms with Crippen LogP contribution in [-0.2, 0) is 0 Å². The molecule has 5 nitrogen and oxygen atoms in total. The van der Waals surface area contributed by atoms with Crippen molar-refractivity contribution in [2.24, 2.45) is 0 Å². The van der Waals surface area contributed by atoms with Crippen LogP contribution in [0.2, 0.25) is 0 Å². The van der Waals surface area contributed by atoms with Gasteiger partial charge in [-0.25, -0.2) is 15.0 Å². The average molecular weight is 416 g/mol. The van der Waals surface area contributed by atoms with Crippen LogP contribution in [-0.4, -0.2) is 19.4 Å². The smallest absolute Gasteiger partial charge is 0.234 e. The summed E-state index contributed by atoms with van der Waals surface area (Å²) in [5.41, 5.74) is 6.37. The molecule has 0 radical (unpaired) electrons. The van der Waals surface area contributed by atoms with Crippen LogP contribution in [0.5, 0.6) is 0 Å². The van der Waals surface area contributed by atoms with Crippen molar-refractivity contribution in [2.45, 2.75) is 20.8 Å². The quantitative estimate of drug-likeness (QED) is 0.505. The van der Waals surface area contributed by atoms with E-state index in [4.69, 9.17) is 4.98 Å². The molecule has 4 aromatic rings. The van der Waals surface area contributed by atoms with Crippen LogP contribution in [0.15, 0.2) is 42.0 Å². The van der Waals surface area contributed by atoms with Gasteiger partial charge in [-0.15, -0.1) is 28.3 Å². The highest BCUT2D eigenvalue weighted by atomic mass is 79.9. The predicted octanol–water partition coefficient (Wildman–Crippen LogP) is 5.10. The van der Waals surface area contributed by atoms with Crippen molar-refractivity contribution in [3.63, 3.8) is 0 Å². The van der Waals surface area contributed by atoms with E-state index in [2.05, 4.69) is 52.7 Å². The van der Waals surface area contributed by atoms with Crippen LogP contribution < -0.4 is 5.32 Å². The second-order valence-electron chi connectivity index (χ2n) is 5.82. The molecule has 3 aromatic heterocycles. The Kier molecular flexibility index (Phi) is 4.87. The first kappa shape index (κ1) is 17.6. The second kappa shape index (κ2) is 6.93. The third kappa shape index (κ3) is 3.29. The van der Waals surface area contributed by atoms with Gasteiger partial charge in [-0.1, -0.05) is 17.7 Å². The van der Waals surface area contributed by atoms with Crippen LogP contribution in [0.25, 0.3) is 17.2 Å². The topological polar surface area (TPSA) is 55.1 Å². The lowest BCUT2D eigenvalue weighted by atomic mass is 10.1. The summed E-state index contributed by atoms with van der Waals surface area (Å²) in [7, 11) is 0. The summed E-state index contributed by atoms with van der Waals surface area (Å²) < 4.78 is 1.98. The Morgan fingerprint density at radius 1 is 1.12 bits per heavy atom. The van der Waals surface area contributed by atoms with Gasteiger partial charge in [-0.2, -0.15) is 0 Å². The van der Waals surface area contributed by atoms with Crippen molar-refractivity contribution in [2.75, 3.05) is 5.32 Å². The highest BCUT2D eigenvalue weighted by molar-refractivity contribution is 8.93. The number of nitrogens with one attached hydrogen (secondary N) is 1. The van der Waals surface area contributed by atoms with Gasteiger partial charge < -0.3 is 5.32 Å². The van der Waals surface area contributed by atoms with E-state index in [9.17, 15) is 0 Å². The van der Waals surface area contributed by atoms with Gasteiger partial charge in [0.25, 0.3) is 0 Å². The second-order valence-corrected chi connectivity index (χ2v) is 6.67. The number of hydrogen-bond acceptors (Lipinski definition) is 5. The summed E-state index contributed by atoms with van der Waals surface area (Å²) in [6, 6.07) is 8.26. The molecular formula is C18H18BrN5S. The van der Waals surface area contributed by atoms with Crippen molar-refractivity contribution in [1.29, 1.82) is 0 Å². The lowest BCUT2D eigenvalue weighted by molar-refractivity contribution is 1.11. The molecule has 25 heavy (non-hydrogen) atoms. The van der Waals surface area contributed by atoms with E-state index < -0.39 is 0 Å². The minimum Gasteiger partial charge on any atom is -0.331 e. The molecule has 0 saturated carbocycles. The van der Waals surface area contributed by atoms with Gasteiger partial charge in [0.1, 0.15) is 5.69 Å². The maximum absolute atomic E-state index is 4.74. The largest absolute Gasteiger partial charge is 0.331 e. The summed E-state index contributed by atoms with van der Waals surface area (Å²) in [4.78, 5) is 13.5. The lowest BCUT2D eigenvalue weighted by Crippen LogP contribution is -1.94. The van der Waals surface area contributed by atoms with Gasteiger partial charge in [0, 0.05) is 23.5 Å². The SMILES string of the molecule is Br.Cc1ccc(Nc2nc(-c3c(C)nc4ncccn34)cs2)c(C)c1. The van der Waals surface area contributed by atoms with Crippen molar-refractivity contribution in [3.05, 3.63) is 58.9 Å². The van der Waals surface area contributed by atoms with Crippen molar-refractivity contribution >= 4 is 44.9 Å². The summed E-state index contributed by atoms with van der Waals surface area (Å²) in [6.07, 6.45) is 3.72. The maximum atomic E-state index is 4.74. The Bertz CT molecular complexity index is 1040. The summed E-state index contributed by atoms with van der Waals surface area (Å²) in [5.74, 6) is 0.696. The maximum Gasteiger partial charge on any atom is 0.234 e. The minimum atomic E-state index is 0. The molecule has 4 rings (SSSR count). The lowest BCUT2D eigenvalue weighted by Gasteiger charge is -2.07. The Hall–Kier alpha value is -2.25. The van der Waals surface area contributed by atoms with E-state index in [1.807, 2.05) is 23.6 Å². The minimum absolute atomic E-state index is 0. The molecule has 0 spiro atoms. The van der Waals surface area contributed by atoms with Gasteiger partial charge >= 0.3 is 0 Å². The number of nitrogens with zero attached hydrogens (tertiary/aromatic N) is 4. The van der Waals surface area contributed by atoms with Gasteiger partial charge in [0.15, 0.2) is 5.13 Å². The molecule has 0 bridgehead atoms. The number of thiazole rings is 1. The fourth-order valence-corrected chi connectivity index (χ4v) is 3.52. The van der Waals surface area contributed by atoms with E-state index in [-0.39, 0.29) is 17.0 Å². The molecule has 128 valence electrons. The first-order valence-corrected chi connectivity index (χ1v) is 8.59. The average Bonchev–Trinajstić information content (AvgIpc) is 3.13. The van der Waals surface area contributed by atoms with Crippen LogP contribution in [0, 0.1) is 20.8 Å². The van der Waals surface area contributed by atoms with E-state index in [1.165, 1.54) is 11.1 Å². The third-order valence-electron chi connectivity index (χ3n) is 3.95. The molecule has 0 saturated heterocycles. The van der Waals surface area contributed by atoms with E-state index in [0.29, 0.717) is 5.78 Å². The Morgan fingerprint density at radius 2 is 1.96 bits per heavy atom. The third-order valence-corrected chi connectivity index (χ3v) is 4.71. The number of anilines is 2. The number of aryl methyl sites for hydroxylation is 3. The van der Waals surface area contributed by atoms with Crippen LogP contribution in [0.4, 0.5) is 10.8 Å². The first-order valence-electron chi connectivity index (χ1n) is 7.71. The summed E-state index contributed by atoms with van der Waals surface area (Å²) in [6.45, 7) is 6.19. The molecule has 7 heteroatoms. The monoisotopic (exact) mass is 415 g/mol. The Labute approximate surface area is 160 Å². The zero-order valence-corrected chi connectivity index (χ0v) is 16.7. The van der Waals surface area contributed by atoms with Crippen molar-refractivity contribution in [1.82, 2.24) is 19.4 Å². The number of benzene rings is 1. The number of imidazole rings is 1. The molecule has 0 aliphatic rings. The molecule has 3 heterocycles. The molecule has 1 aromatic carbocycles. The normalized spacial score (nSPS) is 10.7. The number of hydrogen-bond donors (Lipinski definition) is 1. The van der Waals surface area contributed by atoms with E-state index in [0.717, 1.165) is 27.9 Å². The Balaban J connectivity index is 0.00000182. The predicted molar refractivity (Wildman–Crippen MR) is 108 cm³/mol. The zero-order chi connectivity index (χ0) is 16.7. The molecular weight excluding hydrogens is 398 g/mol. The number of halogens is 1. The van der Waals surface area contributed by atoms with Gasteiger partial charge in [0.05, 0.1) is 11.4 Å². The van der Waals surface area contributed by atoms with Crippen molar-refractivity contribution < 1.29 is 0 Å². The van der Waals surface area contributed by atoms with Crippen LogP contribution >= 0.6 is 28.3 Å². The number of fused-ring (bicyclic) bond motifs is 1. The molecule has 0 amide bonds. The highest BCUT2D eigenvalue weighted by Crippen LogP contribution is 2.30. The molecule has 0 atom stereocenters. The fourth-order valence-electron chi connectivity index (χ4n) is 2.82. The van der Waals surface area contributed by atoms with E-state index >= 15 is 0 Å². The fraction of sp³-hybridized carbons (Fsp3) is 0.167. The summed E-state index contributed by atoms with van der Waals surface area (Å²) >= 11 is 1.59. The van der Waals surface area contributed by atoms with Crippen molar-refractivity contribution in [3.8, 4) is 11.4 Å². The van der Waals surface area contributed by atoms with Gasteiger partial charge in [-0.3, -0.25) is 4.40 Å². The van der Waals surface area contributed by atoms with Crippen LogP contribution in [0.1, 0.15) is 16.8 Å². The molecule has 0 aliphatic carbocycles.